The Morgan fingerprint density at radius 2 is 1.79 bits per heavy atom. The number of nitrogens with one attached hydrogen (secondary N) is 1. The predicted octanol–water partition coefficient (Wildman–Crippen LogP) is 0.632. The molecule has 13 heteroatoms. The molecule has 0 aliphatic carbocycles. The molecule has 0 radical (unpaired) electrons. The number of amides is 4. The van der Waals surface area contributed by atoms with Gasteiger partial charge in [-0.05, 0) is 30.5 Å². The highest BCUT2D eigenvalue weighted by molar-refractivity contribution is 6.47. The number of ketones is 1. The van der Waals surface area contributed by atoms with E-state index in [1.807, 2.05) is 0 Å². The van der Waals surface area contributed by atoms with Crippen molar-refractivity contribution in [2.24, 2.45) is 0 Å². The van der Waals surface area contributed by atoms with Crippen molar-refractivity contribution in [2.75, 3.05) is 19.6 Å². The quantitative estimate of drug-likeness (QED) is 0.278. The van der Waals surface area contributed by atoms with E-state index in [0.29, 0.717) is 22.6 Å². The number of carbonyl (C=O) groups is 5. The van der Waals surface area contributed by atoms with Crippen LogP contribution in [0.1, 0.15) is 40.9 Å². The summed E-state index contributed by atoms with van der Waals surface area (Å²) >= 11 is 0. The van der Waals surface area contributed by atoms with Crippen molar-refractivity contribution in [1.82, 2.24) is 15.1 Å². The second-order valence-corrected chi connectivity index (χ2v) is 9.37. The second kappa shape index (κ2) is 11.7. The Morgan fingerprint density at radius 3 is 2.46 bits per heavy atom. The number of hydrogen-bond acceptors (Lipinski definition) is 8. The van der Waals surface area contributed by atoms with Gasteiger partial charge in [-0.2, -0.15) is 0 Å². The maximum absolute atomic E-state index is 13.5. The van der Waals surface area contributed by atoms with E-state index in [2.05, 4.69) is 5.32 Å². The summed E-state index contributed by atoms with van der Waals surface area (Å²) in [5, 5.41) is 33.5. The van der Waals surface area contributed by atoms with Crippen molar-refractivity contribution in [3.05, 3.63) is 65.2 Å². The number of para-hydroxylation sites is 1. The molecule has 1 saturated heterocycles. The Morgan fingerprint density at radius 1 is 1.08 bits per heavy atom. The summed E-state index contributed by atoms with van der Waals surface area (Å²) in [7, 11) is -1.52. The molecule has 2 aromatic carbocycles. The summed E-state index contributed by atoms with van der Waals surface area (Å²) in [5.74, 6) is -4.56. The summed E-state index contributed by atoms with van der Waals surface area (Å²) in [6.07, 6.45) is -1.74. The molecule has 1 fully saturated rings. The number of fused-ring (bicyclic) bond motifs is 1. The van der Waals surface area contributed by atoms with Crippen molar-refractivity contribution < 1.29 is 43.9 Å². The van der Waals surface area contributed by atoms with Gasteiger partial charge in [0.25, 0.3) is 0 Å². The fourth-order valence-electron chi connectivity index (χ4n) is 4.77. The van der Waals surface area contributed by atoms with Gasteiger partial charge < -0.3 is 30.1 Å². The number of piperazine rings is 1. The van der Waals surface area contributed by atoms with Crippen LogP contribution in [0.2, 0.25) is 5.82 Å². The highest BCUT2D eigenvalue weighted by atomic mass is 16.5. The van der Waals surface area contributed by atoms with Crippen LogP contribution in [-0.4, -0.2) is 87.4 Å². The van der Waals surface area contributed by atoms with Gasteiger partial charge in [-0.1, -0.05) is 42.5 Å². The first-order chi connectivity index (χ1) is 18.6. The smallest absolute Gasteiger partial charge is 0.526 e. The molecule has 12 nitrogen and oxygen atoms in total. The number of benzene rings is 2. The van der Waals surface area contributed by atoms with Gasteiger partial charge in [0.05, 0.1) is 5.56 Å². The number of urea groups is 1. The highest BCUT2D eigenvalue weighted by Crippen LogP contribution is 2.37. The molecular weight excluding hydrogens is 509 g/mol. The Balaban J connectivity index is 1.55. The number of carboxylic acid groups (broad SMARTS) is 1. The van der Waals surface area contributed by atoms with E-state index < -0.39 is 54.7 Å². The van der Waals surface area contributed by atoms with Crippen LogP contribution in [0.15, 0.2) is 48.5 Å². The predicted molar refractivity (Wildman–Crippen MR) is 137 cm³/mol. The molecule has 4 rings (SSSR count). The lowest BCUT2D eigenvalue weighted by Crippen LogP contribution is -2.60. The number of nitrogens with zero attached hydrogens (tertiary/aromatic N) is 2. The molecule has 2 aliphatic heterocycles. The van der Waals surface area contributed by atoms with Crippen molar-refractivity contribution >= 4 is 36.7 Å². The molecule has 4 amide bonds. The molecule has 3 atom stereocenters. The van der Waals surface area contributed by atoms with Crippen molar-refractivity contribution in [3.8, 4) is 5.75 Å². The lowest BCUT2D eigenvalue weighted by atomic mass is 9.64. The molecule has 2 aliphatic rings. The molecule has 0 aromatic heterocycles. The number of aliphatic hydroxyl groups excluding tert-OH is 1. The number of hydrogen-bond donors (Lipinski definition) is 4. The normalized spacial score (nSPS) is 18.6. The lowest BCUT2D eigenvalue weighted by Gasteiger charge is -2.34. The second-order valence-electron chi connectivity index (χ2n) is 9.37. The van der Waals surface area contributed by atoms with Crippen LogP contribution in [-0.2, 0) is 20.8 Å². The number of imide groups is 1. The Bertz CT molecular complexity index is 1290. The molecule has 2 heterocycles. The van der Waals surface area contributed by atoms with E-state index in [1.165, 1.54) is 17.0 Å². The standard InChI is InChI=1S/C26H28BN3O9/c1-2-29-11-12-30(24(34)23(29)33)26(37)28-20(21(32)15-7-4-3-5-8-15)19(31)14-17-13-16-9-6-10-18(25(35)36)22(16)39-27(17)38/h3-10,17,20-21,32,38H,2,11-14H2,1H3,(H,28,37)(H,35,36)/t17-,20+,21?/m1/s1. The van der Waals surface area contributed by atoms with Gasteiger partial charge in [-0.25, -0.2) is 9.59 Å². The van der Waals surface area contributed by atoms with E-state index in [9.17, 15) is 39.2 Å². The molecule has 2 aromatic rings. The highest BCUT2D eigenvalue weighted by Gasteiger charge is 2.42. The average molecular weight is 537 g/mol. The minimum atomic E-state index is -1.52. The summed E-state index contributed by atoms with van der Waals surface area (Å²) in [5.41, 5.74) is 0.690. The molecule has 0 bridgehead atoms. The topological polar surface area (TPSA) is 174 Å². The van der Waals surface area contributed by atoms with Crippen LogP contribution in [0.5, 0.6) is 5.75 Å². The summed E-state index contributed by atoms with van der Waals surface area (Å²) in [6, 6.07) is 10.1. The van der Waals surface area contributed by atoms with Gasteiger partial charge in [-0.3, -0.25) is 19.3 Å². The third-order valence-electron chi connectivity index (χ3n) is 6.93. The van der Waals surface area contributed by atoms with Gasteiger partial charge in [0.15, 0.2) is 5.78 Å². The Kier molecular flexibility index (Phi) is 8.31. The average Bonchev–Trinajstić information content (AvgIpc) is 2.93. The van der Waals surface area contributed by atoms with Crippen LogP contribution in [0, 0.1) is 0 Å². The molecule has 4 N–H and O–H groups in total. The summed E-state index contributed by atoms with van der Waals surface area (Å²) in [4.78, 5) is 64.9. The summed E-state index contributed by atoms with van der Waals surface area (Å²) < 4.78 is 5.46. The largest absolute Gasteiger partial charge is 0.535 e. The first-order valence-corrected chi connectivity index (χ1v) is 12.5. The number of aliphatic hydroxyl groups is 1. The molecule has 39 heavy (non-hydrogen) atoms. The maximum Gasteiger partial charge on any atom is 0.526 e. The van der Waals surface area contributed by atoms with Gasteiger partial charge in [0.1, 0.15) is 17.9 Å². The minimum Gasteiger partial charge on any atom is -0.535 e. The van der Waals surface area contributed by atoms with Gasteiger partial charge in [0, 0.05) is 31.9 Å². The van der Waals surface area contributed by atoms with Gasteiger partial charge in [-0.15, -0.1) is 0 Å². The molecule has 1 unspecified atom stereocenters. The number of aromatic carboxylic acids is 1. The molecule has 0 spiro atoms. The molecule has 0 saturated carbocycles. The van der Waals surface area contributed by atoms with Gasteiger partial charge >= 0.3 is 30.9 Å². The lowest BCUT2D eigenvalue weighted by molar-refractivity contribution is -0.153. The maximum atomic E-state index is 13.5. The van der Waals surface area contributed by atoms with E-state index >= 15 is 0 Å². The van der Waals surface area contributed by atoms with Crippen molar-refractivity contribution in [3.63, 3.8) is 0 Å². The van der Waals surface area contributed by atoms with Crippen LogP contribution < -0.4 is 9.97 Å². The molecule has 204 valence electrons. The molecular formula is C26H28BN3O9. The van der Waals surface area contributed by atoms with Crippen LogP contribution in [0.25, 0.3) is 0 Å². The zero-order chi connectivity index (χ0) is 28.3. The Hall–Kier alpha value is -4.23. The third kappa shape index (κ3) is 5.79. The van der Waals surface area contributed by atoms with Crippen molar-refractivity contribution in [1.29, 1.82) is 0 Å². The number of likely N-dealkylation sites (N-methyl/N-ethyl adjacent to an activating group) is 1. The number of Topliss-reactive ketones (excluding diaryl/α,β-unsaturated/α-hetero) is 1. The zero-order valence-electron chi connectivity index (χ0n) is 21.1. The SMILES string of the molecule is CCN1CCN(C(=O)N[C@@H](C(=O)C[C@H]2Cc3cccc(C(=O)O)c3OB2O)C(O)c2ccccc2)C(=O)C1=O. The van der Waals surface area contributed by atoms with E-state index in [0.717, 1.165) is 0 Å². The fraction of sp³-hybridized carbons (Fsp3) is 0.346. The fourth-order valence-corrected chi connectivity index (χ4v) is 4.77. The van der Waals surface area contributed by atoms with E-state index in [4.69, 9.17) is 4.65 Å². The Labute approximate surface area is 224 Å². The number of carboxylic acids is 1. The van der Waals surface area contributed by atoms with E-state index in [1.54, 1.807) is 43.3 Å². The first kappa shape index (κ1) is 27.8. The van der Waals surface area contributed by atoms with Crippen molar-refractivity contribution in [2.45, 2.75) is 37.7 Å². The van der Waals surface area contributed by atoms with Crippen LogP contribution in [0.4, 0.5) is 4.79 Å². The van der Waals surface area contributed by atoms with Gasteiger partial charge in [0.2, 0.25) is 0 Å². The van der Waals surface area contributed by atoms with E-state index in [-0.39, 0.29) is 37.2 Å². The van der Waals surface area contributed by atoms with Crippen LogP contribution >= 0.6 is 0 Å². The number of carbonyl (C=O) groups excluding carboxylic acids is 4. The minimum absolute atomic E-state index is 0.0183. The zero-order valence-corrected chi connectivity index (χ0v) is 21.1. The van der Waals surface area contributed by atoms with Crippen LogP contribution in [0.3, 0.4) is 0 Å². The number of rotatable bonds is 8. The first-order valence-electron chi connectivity index (χ1n) is 12.5. The third-order valence-corrected chi connectivity index (χ3v) is 6.93. The monoisotopic (exact) mass is 537 g/mol. The summed E-state index contributed by atoms with van der Waals surface area (Å²) in [6.45, 7) is 2.06.